The van der Waals surface area contributed by atoms with Crippen molar-refractivity contribution in [1.82, 2.24) is 15.0 Å². The molecule has 1 amide bonds. The molecule has 0 bridgehead atoms. The normalized spacial score (nSPS) is 11.4. The van der Waals surface area contributed by atoms with Gasteiger partial charge >= 0.3 is 0 Å². The fraction of sp³-hybridized carbons (Fsp3) is 0.400. The number of rotatable bonds is 6. The van der Waals surface area contributed by atoms with Gasteiger partial charge < -0.3 is 10.7 Å². The van der Waals surface area contributed by atoms with E-state index in [1.807, 2.05) is 0 Å². The van der Waals surface area contributed by atoms with E-state index < -0.39 is 15.9 Å². The molecule has 0 saturated carbocycles. The minimum atomic E-state index is -3.77. The Morgan fingerprint density at radius 2 is 2.16 bits per heavy atom. The number of nitrogen functional groups attached to an aromatic ring is 1. The maximum absolute atomic E-state index is 11.9. The molecule has 0 atom stereocenters. The van der Waals surface area contributed by atoms with E-state index in [0.717, 1.165) is 0 Å². The van der Waals surface area contributed by atoms with Gasteiger partial charge in [-0.25, -0.2) is 24.0 Å². The van der Waals surface area contributed by atoms with Gasteiger partial charge in [0.1, 0.15) is 5.82 Å². The minimum absolute atomic E-state index is 0.0206. The van der Waals surface area contributed by atoms with Gasteiger partial charge in [0.05, 0.1) is 11.4 Å². The molecule has 0 fully saturated rings. The third-order valence-electron chi connectivity index (χ3n) is 2.06. The first-order valence-corrected chi connectivity index (χ1v) is 7.05. The van der Waals surface area contributed by atoms with Crippen molar-refractivity contribution in [1.29, 1.82) is 0 Å². The summed E-state index contributed by atoms with van der Waals surface area (Å²) in [5.74, 6) is 4.97. The van der Waals surface area contributed by atoms with Gasteiger partial charge in [0.25, 0.3) is 0 Å². The molecule has 19 heavy (non-hydrogen) atoms. The Labute approximate surface area is 111 Å². The van der Waals surface area contributed by atoms with Crippen LogP contribution in [-0.2, 0) is 14.8 Å². The molecule has 9 heteroatoms. The summed E-state index contributed by atoms with van der Waals surface area (Å²) in [6.07, 6.45) is 1.30. The Morgan fingerprint density at radius 1 is 1.47 bits per heavy atom. The van der Waals surface area contributed by atoms with Gasteiger partial charge in [0.15, 0.2) is 0 Å². The Balaban J connectivity index is 2.73. The van der Waals surface area contributed by atoms with E-state index in [-0.39, 0.29) is 23.3 Å². The van der Waals surface area contributed by atoms with Crippen molar-refractivity contribution in [2.24, 2.45) is 5.84 Å². The van der Waals surface area contributed by atoms with Crippen LogP contribution in [0.2, 0.25) is 0 Å². The average Bonchev–Trinajstić information content (AvgIpc) is 2.36. The lowest BCUT2D eigenvalue weighted by Gasteiger charge is -2.10. The van der Waals surface area contributed by atoms with Crippen molar-refractivity contribution in [3.05, 3.63) is 18.3 Å². The number of hydrogen-bond acceptors (Lipinski definition) is 6. The molecule has 0 spiro atoms. The molecule has 1 rings (SSSR count). The van der Waals surface area contributed by atoms with Gasteiger partial charge in [-0.15, -0.1) is 0 Å². The highest BCUT2D eigenvalue weighted by Crippen LogP contribution is 2.11. The first-order valence-electron chi connectivity index (χ1n) is 5.57. The number of hydrogen-bond donors (Lipinski definition) is 4. The lowest BCUT2D eigenvalue weighted by molar-refractivity contribution is -0.120. The standard InChI is InChI=1S/C10H17N5O3S/c1-7(2)14-10(16)6-13-19(17,18)8-3-4-12-9(5-8)15-11/h3-5,7,13H,6,11H2,1-2H3,(H,12,15)(H,14,16). The van der Waals surface area contributed by atoms with Crippen LogP contribution in [0.25, 0.3) is 0 Å². The fourth-order valence-corrected chi connectivity index (χ4v) is 2.27. The highest BCUT2D eigenvalue weighted by Gasteiger charge is 2.16. The zero-order valence-corrected chi connectivity index (χ0v) is 11.5. The van der Waals surface area contributed by atoms with Gasteiger partial charge in [-0.3, -0.25) is 4.79 Å². The van der Waals surface area contributed by atoms with Crippen LogP contribution in [0.3, 0.4) is 0 Å². The first kappa shape index (κ1) is 15.3. The van der Waals surface area contributed by atoms with E-state index in [1.54, 1.807) is 13.8 Å². The predicted octanol–water partition coefficient (Wildman–Crippen LogP) is -0.830. The number of nitrogens with zero attached hydrogens (tertiary/aromatic N) is 1. The highest BCUT2D eigenvalue weighted by atomic mass is 32.2. The summed E-state index contributed by atoms with van der Waals surface area (Å²) in [5.41, 5.74) is 2.25. The molecule has 1 heterocycles. The maximum atomic E-state index is 11.9. The number of sulfonamides is 1. The number of amides is 1. The summed E-state index contributed by atoms with van der Waals surface area (Å²) in [6.45, 7) is 3.25. The van der Waals surface area contributed by atoms with E-state index in [2.05, 4.69) is 20.4 Å². The monoisotopic (exact) mass is 287 g/mol. The number of anilines is 1. The summed E-state index contributed by atoms with van der Waals surface area (Å²) >= 11 is 0. The van der Waals surface area contributed by atoms with E-state index in [0.29, 0.717) is 0 Å². The summed E-state index contributed by atoms with van der Waals surface area (Å²) < 4.78 is 26.0. The molecule has 0 aliphatic carbocycles. The average molecular weight is 287 g/mol. The molecule has 5 N–H and O–H groups in total. The quantitative estimate of drug-likeness (QED) is 0.399. The first-order chi connectivity index (χ1) is 8.85. The Morgan fingerprint density at radius 3 is 2.74 bits per heavy atom. The van der Waals surface area contributed by atoms with Gasteiger partial charge in [0.2, 0.25) is 15.9 Å². The van der Waals surface area contributed by atoms with Crippen molar-refractivity contribution in [3.8, 4) is 0 Å². The zero-order valence-electron chi connectivity index (χ0n) is 10.7. The van der Waals surface area contributed by atoms with Crippen LogP contribution < -0.4 is 21.3 Å². The number of carbonyl (C=O) groups excluding carboxylic acids is 1. The molecule has 0 aliphatic rings. The Hall–Kier alpha value is -1.71. The Bertz CT molecular complexity index is 544. The van der Waals surface area contributed by atoms with Crippen LogP contribution in [0, 0.1) is 0 Å². The molecule has 0 aromatic carbocycles. The molecule has 0 unspecified atom stereocenters. The smallest absolute Gasteiger partial charge is 0.241 e. The van der Waals surface area contributed by atoms with Crippen LogP contribution in [0.5, 0.6) is 0 Å². The lowest BCUT2D eigenvalue weighted by atomic mass is 10.4. The van der Waals surface area contributed by atoms with Crippen molar-refractivity contribution in [2.45, 2.75) is 24.8 Å². The van der Waals surface area contributed by atoms with Crippen LogP contribution in [0.4, 0.5) is 5.82 Å². The number of nitrogens with two attached hydrogens (primary N) is 1. The molecule has 8 nitrogen and oxygen atoms in total. The fourth-order valence-electron chi connectivity index (χ4n) is 1.27. The van der Waals surface area contributed by atoms with Gasteiger partial charge in [-0.1, -0.05) is 0 Å². The second kappa shape index (κ2) is 6.45. The van der Waals surface area contributed by atoms with Crippen molar-refractivity contribution < 1.29 is 13.2 Å². The van der Waals surface area contributed by atoms with E-state index in [4.69, 9.17) is 5.84 Å². The van der Waals surface area contributed by atoms with Gasteiger partial charge in [-0.2, -0.15) is 0 Å². The summed E-state index contributed by atoms with van der Waals surface area (Å²) in [6, 6.07) is 2.53. The molecule has 1 aromatic heterocycles. The molecule has 0 aliphatic heterocycles. The van der Waals surface area contributed by atoms with Crippen molar-refractivity contribution >= 4 is 21.7 Å². The molecule has 1 aromatic rings. The molecular weight excluding hydrogens is 270 g/mol. The van der Waals surface area contributed by atoms with E-state index in [9.17, 15) is 13.2 Å². The van der Waals surface area contributed by atoms with Crippen LogP contribution in [-0.4, -0.2) is 31.9 Å². The SMILES string of the molecule is CC(C)NC(=O)CNS(=O)(=O)c1ccnc(NN)c1. The maximum Gasteiger partial charge on any atom is 0.241 e. The summed E-state index contributed by atoms with van der Waals surface area (Å²) in [4.78, 5) is 15.1. The lowest BCUT2D eigenvalue weighted by Crippen LogP contribution is -2.39. The highest BCUT2D eigenvalue weighted by molar-refractivity contribution is 7.89. The van der Waals surface area contributed by atoms with Crippen LogP contribution >= 0.6 is 0 Å². The van der Waals surface area contributed by atoms with Gasteiger partial charge in [-0.05, 0) is 19.9 Å². The van der Waals surface area contributed by atoms with E-state index >= 15 is 0 Å². The van der Waals surface area contributed by atoms with Gasteiger partial charge in [0, 0.05) is 18.3 Å². The number of aromatic nitrogens is 1. The topological polar surface area (TPSA) is 126 Å². The molecule has 106 valence electrons. The summed E-state index contributed by atoms with van der Waals surface area (Å²) in [7, 11) is -3.77. The number of carbonyl (C=O) groups is 1. The van der Waals surface area contributed by atoms with Crippen molar-refractivity contribution in [2.75, 3.05) is 12.0 Å². The van der Waals surface area contributed by atoms with Crippen molar-refractivity contribution in [3.63, 3.8) is 0 Å². The number of nitrogens with one attached hydrogen (secondary N) is 3. The summed E-state index contributed by atoms with van der Waals surface area (Å²) in [5, 5.41) is 2.58. The van der Waals surface area contributed by atoms with E-state index in [1.165, 1.54) is 18.3 Å². The third-order valence-corrected chi connectivity index (χ3v) is 3.46. The number of pyridine rings is 1. The number of hydrazine groups is 1. The largest absolute Gasteiger partial charge is 0.353 e. The van der Waals surface area contributed by atoms with Crippen LogP contribution in [0.1, 0.15) is 13.8 Å². The second-order valence-electron chi connectivity index (χ2n) is 4.07. The Kier molecular flexibility index (Phi) is 5.21. The molecule has 0 saturated heterocycles. The van der Waals surface area contributed by atoms with Crippen LogP contribution in [0.15, 0.2) is 23.2 Å². The predicted molar refractivity (Wildman–Crippen MR) is 70.5 cm³/mol. The third kappa shape index (κ3) is 4.81. The minimum Gasteiger partial charge on any atom is -0.353 e. The second-order valence-corrected chi connectivity index (χ2v) is 5.83. The molecular formula is C10H17N5O3S. The molecule has 0 radical (unpaired) electrons. The zero-order chi connectivity index (χ0) is 14.5.